The highest BCUT2D eigenvalue weighted by molar-refractivity contribution is 5.92. The molecule has 4 heterocycles. The van der Waals surface area contributed by atoms with E-state index in [0.29, 0.717) is 45.8 Å². The Morgan fingerprint density at radius 2 is 2.00 bits per heavy atom. The second-order valence-corrected chi connectivity index (χ2v) is 10.8. The standard InChI is InChI=1S/C20H17FN8O.C9H18O/c1-11-16(30-13-5-6-29-17(7-13)24-10-26-29)4-3-14(18(11)21)28-20-19-15(23-9-25-20)8-22-12(2)27-19;1-4-7-5-6-8(7)9(2,3)10/h3-10,12,27H,1-2H3,(H,23,25,28);7-8,10H,4-6H2,1-3H3. The van der Waals surface area contributed by atoms with Crippen molar-refractivity contribution in [1.82, 2.24) is 24.6 Å². The van der Waals surface area contributed by atoms with Crippen molar-refractivity contribution in [3.63, 3.8) is 0 Å². The lowest BCUT2D eigenvalue weighted by molar-refractivity contribution is -0.0567. The molecule has 210 valence electrons. The Kier molecular flexibility index (Phi) is 7.66. The van der Waals surface area contributed by atoms with Crippen LogP contribution in [0.15, 0.2) is 48.1 Å². The minimum absolute atomic E-state index is 0.117. The molecular weight excluding hydrogens is 511 g/mol. The zero-order valence-electron chi connectivity index (χ0n) is 23.4. The van der Waals surface area contributed by atoms with Crippen molar-refractivity contribution in [3.8, 4) is 11.5 Å². The van der Waals surface area contributed by atoms with Gasteiger partial charge in [0.05, 0.1) is 17.5 Å². The summed E-state index contributed by atoms with van der Waals surface area (Å²) >= 11 is 0. The minimum Gasteiger partial charge on any atom is -0.457 e. The van der Waals surface area contributed by atoms with Crippen LogP contribution in [0.1, 0.15) is 58.2 Å². The van der Waals surface area contributed by atoms with Crippen molar-refractivity contribution in [2.45, 2.75) is 65.6 Å². The first-order valence-corrected chi connectivity index (χ1v) is 13.5. The van der Waals surface area contributed by atoms with E-state index in [0.717, 1.165) is 5.92 Å². The molecule has 0 amide bonds. The van der Waals surface area contributed by atoms with E-state index in [1.807, 2.05) is 20.8 Å². The number of rotatable bonds is 6. The Labute approximate surface area is 232 Å². The first-order chi connectivity index (χ1) is 19.1. The molecule has 2 aliphatic rings. The Morgan fingerprint density at radius 3 is 2.70 bits per heavy atom. The van der Waals surface area contributed by atoms with E-state index in [1.165, 1.54) is 31.9 Å². The molecule has 1 fully saturated rings. The van der Waals surface area contributed by atoms with Crippen LogP contribution in [0.2, 0.25) is 0 Å². The van der Waals surface area contributed by atoms with Gasteiger partial charge in [-0.3, -0.25) is 4.99 Å². The van der Waals surface area contributed by atoms with E-state index in [-0.39, 0.29) is 11.9 Å². The molecule has 3 atom stereocenters. The maximum Gasteiger partial charge on any atom is 0.158 e. The summed E-state index contributed by atoms with van der Waals surface area (Å²) in [5.41, 5.74) is 2.19. The van der Waals surface area contributed by atoms with Crippen LogP contribution in [-0.4, -0.2) is 47.7 Å². The van der Waals surface area contributed by atoms with Crippen molar-refractivity contribution in [2.75, 3.05) is 10.6 Å². The molecule has 3 aromatic heterocycles. The van der Waals surface area contributed by atoms with Crippen LogP contribution in [0.3, 0.4) is 0 Å². The first-order valence-electron chi connectivity index (χ1n) is 13.5. The predicted molar refractivity (Wildman–Crippen MR) is 153 cm³/mol. The van der Waals surface area contributed by atoms with E-state index in [4.69, 9.17) is 4.74 Å². The topological polar surface area (TPSA) is 122 Å². The molecule has 3 unspecified atom stereocenters. The van der Waals surface area contributed by atoms with Gasteiger partial charge in [0.25, 0.3) is 0 Å². The monoisotopic (exact) mass is 546 g/mol. The van der Waals surface area contributed by atoms with Crippen LogP contribution in [-0.2, 0) is 0 Å². The van der Waals surface area contributed by atoms with Crippen molar-refractivity contribution in [1.29, 1.82) is 0 Å². The van der Waals surface area contributed by atoms with Crippen LogP contribution in [0.4, 0.5) is 21.6 Å². The number of aliphatic hydroxyl groups is 1. The average molecular weight is 547 g/mol. The molecule has 11 heteroatoms. The third-order valence-electron chi connectivity index (χ3n) is 7.57. The van der Waals surface area contributed by atoms with Gasteiger partial charge in [0.1, 0.15) is 41.7 Å². The van der Waals surface area contributed by atoms with Gasteiger partial charge in [0, 0.05) is 17.8 Å². The zero-order chi connectivity index (χ0) is 28.4. The van der Waals surface area contributed by atoms with Gasteiger partial charge in [-0.25, -0.2) is 23.9 Å². The molecule has 1 aliphatic heterocycles. The minimum atomic E-state index is -0.432. The number of aliphatic imine (C=N–C) groups is 1. The Bertz CT molecular complexity index is 1530. The van der Waals surface area contributed by atoms with Gasteiger partial charge in [-0.2, -0.15) is 5.10 Å². The molecular formula is C29H35FN8O2. The normalized spacial score (nSPS) is 19.6. The maximum atomic E-state index is 15.1. The average Bonchev–Trinajstić information content (AvgIpc) is 3.36. The molecule has 4 aromatic rings. The second kappa shape index (κ2) is 11.2. The van der Waals surface area contributed by atoms with Crippen molar-refractivity contribution >= 4 is 29.1 Å². The van der Waals surface area contributed by atoms with Crippen molar-refractivity contribution in [2.24, 2.45) is 16.8 Å². The molecule has 1 aromatic carbocycles. The van der Waals surface area contributed by atoms with E-state index >= 15 is 4.39 Å². The highest BCUT2D eigenvalue weighted by atomic mass is 19.1. The molecule has 3 N–H and O–H groups in total. The molecule has 0 bridgehead atoms. The van der Waals surface area contributed by atoms with Gasteiger partial charge in [0.2, 0.25) is 0 Å². The fourth-order valence-corrected chi connectivity index (χ4v) is 5.14. The lowest BCUT2D eigenvalue weighted by Gasteiger charge is -2.43. The predicted octanol–water partition coefficient (Wildman–Crippen LogP) is 5.89. The van der Waals surface area contributed by atoms with Crippen LogP contribution >= 0.6 is 0 Å². The fraction of sp³-hybridized carbons (Fsp3) is 0.414. The van der Waals surface area contributed by atoms with Crippen LogP contribution in [0.25, 0.3) is 5.65 Å². The highest BCUT2D eigenvalue weighted by Gasteiger charge is 2.39. The number of anilines is 3. The number of hydrogen-bond acceptors (Lipinski definition) is 9. The highest BCUT2D eigenvalue weighted by Crippen LogP contribution is 2.43. The number of nitrogens with zero attached hydrogens (tertiary/aromatic N) is 6. The Hall–Kier alpha value is -4.12. The summed E-state index contributed by atoms with van der Waals surface area (Å²) < 4.78 is 22.6. The van der Waals surface area contributed by atoms with Crippen LogP contribution in [0.5, 0.6) is 11.5 Å². The van der Waals surface area contributed by atoms with E-state index < -0.39 is 11.4 Å². The SMILES string of the molecule is CCC1CCC1C(C)(C)O.Cc1c(Oc2ccn3ncnc3c2)ccc(Nc2ncnc3c2NC(C)N=C3)c1F. The summed E-state index contributed by atoms with van der Waals surface area (Å²) in [7, 11) is 0. The van der Waals surface area contributed by atoms with Gasteiger partial charge in [0.15, 0.2) is 17.3 Å². The third kappa shape index (κ3) is 5.74. The molecule has 40 heavy (non-hydrogen) atoms. The number of nitrogens with one attached hydrogen (secondary N) is 2. The largest absolute Gasteiger partial charge is 0.457 e. The Balaban J connectivity index is 0.000000274. The number of fused-ring (bicyclic) bond motifs is 2. The summed E-state index contributed by atoms with van der Waals surface area (Å²) in [4.78, 5) is 16.8. The van der Waals surface area contributed by atoms with Gasteiger partial charge in [-0.15, -0.1) is 0 Å². The second-order valence-electron chi connectivity index (χ2n) is 10.8. The summed E-state index contributed by atoms with van der Waals surface area (Å²) in [6, 6.07) is 6.80. The lowest BCUT2D eigenvalue weighted by atomic mass is 9.65. The van der Waals surface area contributed by atoms with E-state index in [1.54, 1.807) is 48.1 Å². The summed E-state index contributed by atoms with van der Waals surface area (Å²) in [5, 5.41) is 19.9. The third-order valence-corrected chi connectivity index (χ3v) is 7.57. The summed E-state index contributed by atoms with van der Waals surface area (Å²) in [5.74, 6) is 2.35. The van der Waals surface area contributed by atoms with Gasteiger partial charge in [-0.05, 0) is 70.6 Å². The fourth-order valence-electron chi connectivity index (χ4n) is 5.14. The molecule has 6 rings (SSSR count). The number of hydrogen-bond donors (Lipinski definition) is 3. The number of ether oxygens (including phenoxy) is 1. The molecule has 1 aliphatic carbocycles. The number of pyridine rings is 1. The van der Waals surface area contributed by atoms with Crippen molar-refractivity contribution < 1.29 is 14.2 Å². The molecule has 1 saturated carbocycles. The lowest BCUT2D eigenvalue weighted by Crippen LogP contribution is -2.42. The molecule has 0 radical (unpaired) electrons. The van der Waals surface area contributed by atoms with Gasteiger partial charge >= 0.3 is 0 Å². The van der Waals surface area contributed by atoms with Crippen LogP contribution < -0.4 is 15.4 Å². The van der Waals surface area contributed by atoms with Gasteiger partial charge < -0.3 is 20.5 Å². The van der Waals surface area contributed by atoms with Crippen LogP contribution in [0, 0.1) is 24.6 Å². The van der Waals surface area contributed by atoms with E-state index in [2.05, 4.69) is 42.6 Å². The maximum absolute atomic E-state index is 15.1. The molecule has 0 spiro atoms. The smallest absolute Gasteiger partial charge is 0.158 e. The Morgan fingerprint density at radius 1 is 1.18 bits per heavy atom. The zero-order valence-corrected chi connectivity index (χ0v) is 23.4. The molecule has 10 nitrogen and oxygen atoms in total. The number of halogens is 1. The first kappa shape index (κ1) is 27.4. The summed E-state index contributed by atoms with van der Waals surface area (Å²) in [6.07, 6.45) is 9.94. The molecule has 0 saturated heterocycles. The van der Waals surface area contributed by atoms with Gasteiger partial charge in [-0.1, -0.05) is 13.3 Å². The summed E-state index contributed by atoms with van der Waals surface area (Å²) in [6.45, 7) is 9.64. The number of benzene rings is 1. The quantitative estimate of drug-likeness (QED) is 0.274. The van der Waals surface area contributed by atoms with E-state index in [9.17, 15) is 5.11 Å². The van der Waals surface area contributed by atoms with Crippen molar-refractivity contribution in [3.05, 3.63) is 60.2 Å². The number of aromatic nitrogens is 5.